The molecule has 0 bridgehead atoms. The molecule has 0 unspecified atom stereocenters. The lowest BCUT2D eigenvalue weighted by molar-refractivity contribution is 0.108. The first-order valence-corrected chi connectivity index (χ1v) is 5.61. The van der Waals surface area contributed by atoms with Crippen LogP contribution in [0.5, 0.6) is 0 Å². The molecule has 0 spiro atoms. The largest absolute Gasteiger partial charge is 0.472 e. The molecule has 3 heteroatoms. The fraction of sp³-hybridized carbons (Fsp3) is 0.667. The summed E-state index contributed by atoms with van der Waals surface area (Å²) < 4.78 is 5.07. The molecule has 1 aromatic heterocycles. The number of hydrogen-bond donors (Lipinski definition) is 1. The third-order valence-corrected chi connectivity index (χ3v) is 3.51. The van der Waals surface area contributed by atoms with Crippen molar-refractivity contribution in [1.82, 2.24) is 4.90 Å². The molecule has 3 nitrogen and oxygen atoms in total. The highest BCUT2D eigenvalue weighted by atomic mass is 16.3. The topological polar surface area (TPSA) is 42.4 Å². The average Bonchev–Trinajstić information content (AvgIpc) is 2.74. The molecule has 2 N–H and O–H groups in total. The van der Waals surface area contributed by atoms with Gasteiger partial charge in [0, 0.05) is 24.2 Å². The molecule has 1 heterocycles. The summed E-state index contributed by atoms with van der Waals surface area (Å²) in [5, 5.41) is 0. The molecule has 0 aliphatic rings. The molecule has 15 heavy (non-hydrogen) atoms. The van der Waals surface area contributed by atoms with E-state index in [2.05, 4.69) is 25.8 Å². The minimum absolute atomic E-state index is 0.122. The van der Waals surface area contributed by atoms with Crippen molar-refractivity contribution in [3.8, 4) is 0 Å². The summed E-state index contributed by atoms with van der Waals surface area (Å²) in [6.07, 6.45) is 5.66. The second kappa shape index (κ2) is 5.33. The zero-order valence-electron chi connectivity index (χ0n) is 9.99. The SMILES string of the molecule is CCC(CC)(CN)N(C)Cc1ccoc1. The van der Waals surface area contributed by atoms with Gasteiger partial charge in [0.15, 0.2) is 0 Å². The van der Waals surface area contributed by atoms with Crippen LogP contribution in [-0.4, -0.2) is 24.0 Å². The minimum Gasteiger partial charge on any atom is -0.472 e. The van der Waals surface area contributed by atoms with Crippen molar-refractivity contribution >= 4 is 0 Å². The quantitative estimate of drug-likeness (QED) is 0.783. The Balaban J connectivity index is 2.68. The van der Waals surface area contributed by atoms with E-state index in [1.54, 1.807) is 12.5 Å². The Morgan fingerprint density at radius 1 is 1.40 bits per heavy atom. The van der Waals surface area contributed by atoms with Crippen molar-refractivity contribution < 1.29 is 4.42 Å². The van der Waals surface area contributed by atoms with Gasteiger partial charge in [0.25, 0.3) is 0 Å². The number of nitrogens with zero attached hydrogens (tertiary/aromatic N) is 1. The highest BCUT2D eigenvalue weighted by Gasteiger charge is 2.29. The van der Waals surface area contributed by atoms with Crippen LogP contribution in [0, 0.1) is 0 Å². The molecule has 0 saturated carbocycles. The minimum atomic E-state index is 0.122. The van der Waals surface area contributed by atoms with Crippen LogP contribution in [0.4, 0.5) is 0 Å². The molecule has 1 aromatic rings. The maximum absolute atomic E-state index is 5.89. The van der Waals surface area contributed by atoms with E-state index in [4.69, 9.17) is 10.2 Å². The molecule has 0 aliphatic carbocycles. The van der Waals surface area contributed by atoms with Crippen LogP contribution in [0.1, 0.15) is 32.3 Å². The number of rotatable bonds is 6. The lowest BCUT2D eigenvalue weighted by Gasteiger charge is -2.39. The van der Waals surface area contributed by atoms with Gasteiger partial charge in [0.2, 0.25) is 0 Å². The Labute approximate surface area is 92.2 Å². The summed E-state index contributed by atoms with van der Waals surface area (Å²) in [5.41, 5.74) is 7.22. The van der Waals surface area contributed by atoms with Crippen LogP contribution in [-0.2, 0) is 6.54 Å². The third kappa shape index (κ3) is 2.61. The Morgan fingerprint density at radius 2 is 2.07 bits per heavy atom. The summed E-state index contributed by atoms with van der Waals surface area (Å²) in [6.45, 7) is 5.99. The van der Waals surface area contributed by atoms with Gasteiger partial charge in [-0.1, -0.05) is 13.8 Å². The zero-order valence-corrected chi connectivity index (χ0v) is 9.99. The molecule has 0 fully saturated rings. The van der Waals surface area contributed by atoms with Gasteiger partial charge in [0.05, 0.1) is 12.5 Å². The normalized spacial score (nSPS) is 12.3. The molecule has 0 amide bonds. The molecule has 0 saturated heterocycles. The number of furan rings is 1. The van der Waals surface area contributed by atoms with Crippen LogP contribution in [0.15, 0.2) is 23.0 Å². The van der Waals surface area contributed by atoms with Crippen molar-refractivity contribution in [2.75, 3.05) is 13.6 Å². The number of nitrogens with two attached hydrogens (primary N) is 1. The first-order chi connectivity index (χ1) is 7.18. The second-order valence-corrected chi connectivity index (χ2v) is 4.12. The number of hydrogen-bond acceptors (Lipinski definition) is 3. The van der Waals surface area contributed by atoms with Gasteiger partial charge in [-0.2, -0.15) is 0 Å². The summed E-state index contributed by atoms with van der Waals surface area (Å²) >= 11 is 0. The molecule has 0 radical (unpaired) electrons. The van der Waals surface area contributed by atoms with Crippen molar-refractivity contribution in [2.24, 2.45) is 5.73 Å². The lowest BCUT2D eigenvalue weighted by atomic mass is 9.91. The van der Waals surface area contributed by atoms with E-state index in [1.807, 2.05) is 6.07 Å². The predicted molar refractivity (Wildman–Crippen MR) is 62.5 cm³/mol. The molecule has 0 aromatic carbocycles. The first-order valence-electron chi connectivity index (χ1n) is 5.61. The summed E-state index contributed by atoms with van der Waals surface area (Å²) in [5.74, 6) is 0. The van der Waals surface area contributed by atoms with E-state index in [0.29, 0.717) is 6.54 Å². The molecular formula is C12H22N2O. The smallest absolute Gasteiger partial charge is 0.0947 e. The van der Waals surface area contributed by atoms with Crippen molar-refractivity contribution in [3.05, 3.63) is 24.2 Å². The Kier molecular flexibility index (Phi) is 4.36. The molecule has 0 atom stereocenters. The van der Waals surface area contributed by atoms with Crippen LogP contribution in [0.2, 0.25) is 0 Å². The van der Waals surface area contributed by atoms with Gasteiger partial charge < -0.3 is 10.2 Å². The second-order valence-electron chi connectivity index (χ2n) is 4.12. The fourth-order valence-electron chi connectivity index (χ4n) is 2.06. The van der Waals surface area contributed by atoms with Crippen molar-refractivity contribution in [3.63, 3.8) is 0 Å². The van der Waals surface area contributed by atoms with E-state index in [-0.39, 0.29) is 5.54 Å². The number of likely N-dealkylation sites (N-methyl/N-ethyl adjacent to an activating group) is 1. The van der Waals surface area contributed by atoms with Crippen molar-refractivity contribution in [2.45, 2.75) is 38.8 Å². The van der Waals surface area contributed by atoms with Crippen LogP contribution < -0.4 is 5.73 Å². The summed E-state index contributed by atoms with van der Waals surface area (Å²) in [6, 6.07) is 2.00. The monoisotopic (exact) mass is 210 g/mol. The summed E-state index contributed by atoms with van der Waals surface area (Å²) in [7, 11) is 2.13. The van der Waals surface area contributed by atoms with E-state index in [9.17, 15) is 0 Å². The fourth-order valence-corrected chi connectivity index (χ4v) is 2.06. The van der Waals surface area contributed by atoms with Gasteiger partial charge in [-0.3, -0.25) is 4.90 Å². The standard InChI is InChI=1S/C12H22N2O/c1-4-12(5-2,10-13)14(3)8-11-6-7-15-9-11/h6-7,9H,4-5,8,10,13H2,1-3H3. The average molecular weight is 210 g/mol. The van der Waals surface area contributed by atoms with Crippen molar-refractivity contribution in [1.29, 1.82) is 0 Å². The van der Waals surface area contributed by atoms with Gasteiger partial charge in [-0.15, -0.1) is 0 Å². The Hall–Kier alpha value is -0.800. The van der Waals surface area contributed by atoms with Crippen LogP contribution in [0.3, 0.4) is 0 Å². The maximum atomic E-state index is 5.89. The van der Waals surface area contributed by atoms with E-state index < -0.39 is 0 Å². The first kappa shape index (κ1) is 12.3. The van der Waals surface area contributed by atoms with Gasteiger partial charge in [-0.05, 0) is 26.0 Å². The van der Waals surface area contributed by atoms with E-state index in [0.717, 1.165) is 19.4 Å². The lowest BCUT2D eigenvalue weighted by Crippen LogP contribution is -2.50. The van der Waals surface area contributed by atoms with Crippen LogP contribution >= 0.6 is 0 Å². The maximum Gasteiger partial charge on any atom is 0.0947 e. The van der Waals surface area contributed by atoms with Gasteiger partial charge in [-0.25, -0.2) is 0 Å². The van der Waals surface area contributed by atoms with Gasteiger partial charge in [0.1, 0.15) is 0 Å². The molecule has 86 valence electrons. The highest BCUT2D eigenvalue weighted by molar-refractivity contribution is 5.06. The third-order valence-electron chi connectivity index (χ3n) is 3.51. The Bertz CT molecular complexity index is 257. The Morgan fingerprint density at radius 3 is 2.47 bits per heavy atom. The highest BCUT2D eigenvalue weighted by Crippen LogP contribution is 2.23. The zero-order chi connectivity index (χ0) is 11.3. The molecule has 1 rings (SSSR count). The molecular weight excluding hydrogens is 188 g/mol. The predicted octanol–water partition coefficient (Wildman–Crippen LogP) is 2.23. The molecule has 0 aliphatic heterocycles. The van der Waals surface area contributed by atoms with E-state index >= 15 is 0 Å². The van der Waals surface area contributed by atoms with E-state index in [1.165, 1.54) is 5.56 Å². The van der Waals surface area contributed by atoms with Gasteiger partial charge >= 0.3 is 0 Å². The van der Waals surface area contributed by atoms with Crippen LogP contribution in [0.25, 0.3) is 0 Å². The summed E-state index contributed by atoms with van der Waals surface area (Å²) in [4.78, 5) is 2.33.